The molecular formula is C19H19Cl2NO3. The summed E-state index contributed by atoms with van der Waals surface area (Å²) in [6, 6.07) is 12.2. The van der Waals surface area contributed by atoms with E-state index in [1.807, 2.05) is 24.3 Å². The van der Waals surface area contributed by atoms with Crippen molar-refractivity contribution in [2.24, 2.45) is 0 Å². The van der Waals surface area contributed by atoms with Crippen molar-refractivity contribution in [2.75, 3.05) is 20.2 Å². The monoisotopic (exact) mass is 379 g/mol. The molecule has 1 amide bonds. The van der Waals surface area contributed by atoms with Crippen LogP contribution in [0.4, 0.5) is 0 Å². The molecule has 1 atom stereocenters. The minimum Gasteiger partial charge on any atom is -0.497 e. The molecule has 0 spiro atoms. The number of halogens is 2. The van der Waals surface area contributed by atoms with E-state index in [1.54, 1.807) is 30.2 Å². The van der Waals surface area contributed by atoms with Gasteiger partial charge in [-0.3, -0.25) is 4.79 Å². The summed E-state index contributed by atoms with van der Waals surface area (Å²) in [5.74, 6) is 0.512. The van der Waals surface area contributed by atoms with E-state index in [0.717, 1.165) is 5.56 Å². The molecule has 3 rings (SSSR count). The molecule has 4 nitrogen and oxygen atoms in total. The van der Waals surface area contributed by atoms with E-state index >= 15 is 0 Å². The van der Waals surface area contributed by atoms with Crippen molar-refractivity contribution in [3.05, 3.63) is 63.6 Å². The zero-order valence-corrected chi connectivity index (χ0v) is 15.3. The van der Waals surface area contributed by atoms with Gasteiger partial charge in [-0.2, -0.15) is 0 Å². The molecule has 0 aromatic heterocycles. The summed E-state index contributed by atoms with van der Waals surface area (Å²) in [5, 5.41) is 11.9. The summed E-state index contributed by atoms with van der Waals surface area (Å²) in [6.07, 6.45) is 1.30. The molecule has 0 bridgehead atoms. The molecule has 1 aliphatic heterocycles. The Labute approximate surface area is 156 Å². The number of benzene rings is 2. The zero-order chi connectivity index (χ0) is 18.0. The summed E-state index contributed by atoms with van der Waals surface area (Å²) in [5.41, 5.74) is 0.112. The maximum atomic E-state index is 12.8. The minimum atomic E-state index is -1.10. The molecule has 1 saturated heterocycles. The number of piperidine rings is 1. The molecule has 1 N–H and O–H groups in total. The van der Waals surface area contributed by atoms with Crippen LogP contribution in [0.15, 0.2) is 42.5 Å². The van der Waals surface area contributed by atoms with Crippen LogP contribution in [0, 0.1) is 0 Å². The number of hydrogen-bond acceptors (Lipinski definition) is 3. The maximum Gasteiger partial charge on any atom is 0.254 e. The molecule has 6 heteroatoms. The van der Waals surface area contributed by atoms with Crippen LogP contribution in [-0.2, 0) is 5.60 Å². The van der Waals surface area contributed by atoms with Crippen LogP contribution in [0.3, 0.4) is 0 Å². The van der Waals surface area contributed by atoms with Gasteiger partial charge >= 0.3 is 0 Å². The van der Waals surface area contributed by atoms with Gasteiger partial charge < -0.3 is 14.7 Å². The Morgan fingerprint density at radius 2 is 2.00 bits per heavy atom. The average Bonchev–Trinajstić information content (AvgIpc) is 2.63. The fraction of sp³-hybridized carbons (Fsp3) is 0.316. The summed E-state index contributed by atoms with van der Waals surface area (Å²) in [7, 11) is 1.59. The van der Waals surface area contributed by atoms with Gasteiger partial charge in [-0.1, -0.05) is 35.3 Å². The maximum absolute atomic E-state index is 12.8. The van der Waals surface area contributed by atoms with Crippen molar-refractivity contribution >= 4 is 29.1 Å². The van der Waals surface area contributed by atoms with E-state index in [1.165, 1.54) is 0 Å². The second kappa shape index (κ2) is 7.24. The fourth-order valence-electron chi connectivity index (χ4n) is 3.17. The average molecular weight is 380 g/mol. The number of amides is 1. The number of methoxy groups -OCH3 is 1. The van der Waals surface area contributed by atoms with Crippen molar-refractivity contribution < 1.29 is 14.6 Å². The van der Waals surface area contributed by atoms with Gasteiger partial charge in [0.25, 0.3) is 5.91 Å². The van der Waals surface area contributed by atoms with Gasteiger partial charge in [0.2, 0.25) is 0 Å². The van der Waals surface area contributed by atoms with Crippen LogP contribution in [0.25, 0.3) is 0 Å². The van der Waals surface area contributed by atoms with Crippen molar-refractivity contribution in [1.82, 2.24) is 4.90 Å². The number of hydrogen-bond donors (Lipinski definition) is 1. The highest BCUT2D eigenvalue weighted by Gasteiger charge is 2.37. The topological polar surface area (TPSA) is 49.8 Å². The number of carbonyl (C=O) groups is 1. The highest BCUT2D eigenvalue weighted by Crippen LogP contribution is 2.34. The molecule has 0 aliphatic carbocycles. The standard InChI is InChI=1S/C19H19Cl2NO3/c1-25-15-5-2-4-14(11-15)19(24)8-3-9-22(12-19)18(23)13-6-7-16(20)17(21)10-13/h2,4-7,10-11,24H,3,8-9,12H2,1H3. The highest BCUT2D eigenvalue weighted by molar-refractivity contribution is 6.42. The summed E-state index contributed by atoms with van der Waals surface area (Å²) in [6.45, 7) is 0.810. The van der Waals surface area contributed by atoms with Crippen molar-refractivity contribution in [3.63, 3.8) is 0 Å². The van der Waals surface area contributed by atoms with Crippen LogP contribution >= 0.6 is 23.2 Å². The Balaban J connectivity index is 1.84. The lowest BCUT2D eigenvalue weighted by atomic mass is 9.85. The fourth-order valence-corrected chi connectivity index (χ4v) is 3.47. The van der Waals surface area contributed by atoms with E-state index < -0.39 is 5.60 Å². The Morgan fingerprint density at radius 1 is 1.20 bits per heavy atom. The summed E-state index contributed by atoms with van der Waals surface area (Å²) < 4.78 is 5.24. The molecule has 0 saturated carbocycles. The van der Waals surface area contributed by atoms with Gasteiger partial charge in [-0.25, -0.2) is 0 Å². The Morgan fingerprint density at radius 3 is 2.72 bits per heavy atom. The zero-order valence-electron chi connectivity index (χ0n) is 13.8. The smallest absolute Gasteiger partial charge is 0.254 e. The van der Waals surface area contributed by atoms with E-state index in [-0.39, 0.29) is 12.5 Å². The third kappa shape index (κ3) is 3.76. The summed E-state index contributed by atoms with van der Waals surface area (Å²) in [4.78, 5) is 14.4. The third-order valence-electron chi connectivity index (χ3n) is 4.53. The summed E-state index contributed by atoms with van der Waals surface area (Å²) >= 11 is 11.9. The quantitative estimate of drug-likeness (QED) is 0.871. The Hall–Kier alpha value is -1.75. The number of ether oxygens (including phenoxy) is 1. The van der Waals surface area contributed by atoms with Crippen LogP contribution < -0.4 is 4.74 Å². The van der Waals surface area contributed by atoms with E-state index in [0.29, 0.717) is 40.7 Å². The van der Waals surface area contributed by atoms with Gasteiger partial charge in [-0.15, -0.1) is 0 Å². The van der Waals surface area contributed by atoms with Gasteiger partial charge in [0.1, 0.15) is 11.4 Å². The molecule has 25 heavy (non-hydrogen) atoms. The van der Waals surface area contributed by atoms with Gasteiger partial charge in [0.05, 0.1) is 23.7 Å². The molecule has 1 unspecified atom stereocenters. The predicted octanol–water partition coefficient (Wildman–Crippen LogP) is 4.13. The molecule has 132 valence electrons. The van der Waals surface area contributed by atoms with E-state index in [2.05, 4.69) is 0 Å². The van der Waals surface area contributed by atoms with Crippen LogP contribution in [-0.4, -0.2) is 36.1 Å². The largest absolute Gasteiger partial charge is 0.497 e. The van der Waals surface area contributed by atoms with Crippen LogP contribution in [0.1, 0.15) is 28.8 Å². The molecule has 1 fully saturated rings. The second-order valence-electron chi connectivity index (χ2n) is 6.22. The SMILES string of the molecule is COc1cccc(C2(O)CCCN(C(=O)c3ccc(Cl)c(Cl)c3)C2)c1. The lowest BCUT2D eigenvalue weighted by Crippen LogP contribution is -2.48. The first-order valence-electron chi connectivity index (χ1n) is 8.04. The second-order valence-corrected chi connectivity index (χ2v) is 7.04. The molecular weight excluding hydrogens is 361 g/mol. The van der Waals surface area contributed by atoms with Crippen molar-refractivity contribution in [2.45, 2.75) is 18.4 Å². The Kier molecular flexibility index (Phi) is 5.23. The third-order valence-corrected chi connectivity index (χ3v) is 5.27. The first kappa shape index (κ1) is 18.1. The molecule has 1 aliphatic rings. The molecule has 0 radical (unpaired) electrons. The highest BCUT2D eigenvalue weighted by atomic mass is 35.5. The Bertz CT molecular complexity index is 796. The molecule has 2 aromatic carbocycles. The number of nitrogens with zero attached hydrogens (tertiary/aromatic N) is 1. The van der Waals surface area contributed by atoms with E-state index in [9.17, 15) is 9.90 Å². The van der Waals surface area contributed by atoms with Gasteiger partial charge in [0, 0.05) is 12.1 Å². The van der Waals surface area contributed by atoms with Crippen molar-refractivity contribution in [1.29, 1.82) is 0 Å². The van der Waals surface area contributed by atoms with Gasteiger partial charge in [-0.05, 0) is 48.7 Å². The molecule has 2 aromatic rings. The lowest BCUT2D eigenvalue weighted by molar-refractivity contribution is -0.0290. The normalized spacial score (nSPS) is 20.4. The minimum absolute atomic E-state index is 0.167. The number of β-amino-alcohol motifs (C(OH)–C–C–N with tert-alkyl or cyclic N) is 1. The number of aliphatic hydroxyl groups is 1. The molecule has 1 heterocycles. The van der Waals surface area contributed by atoms with Crippen LogP contribution in [0.2, 0.25) is 10.0 Å². The number of carbonyl (C=O) groups excluding carboxylic acids is 1. The first-order valence-corrected chi connectivity index (χ1v) is 8.80. The van der Waals surface area contributed by atoms with E-state index in [4.69, 9.17) is 27.9 Å². The van der Waals surface area contributed by atoms with Crippen molar-refractivity contribution in [3.8, 4) is 5.75 Å². The predicted molar refractivity (Wildman–Crippen MR) is 98.5 cm³/mol. The first-order chi connectivity index (χ1) is 11.9. The number of likely N-dealkylation sites (tertiary alicyclic amines) is 1. The van der Waals surface area contributed by atoms with Gasteiger partial charge in [0.15, 0.2) is 0 Å². The van der Waals surface area contributed by atoms with Crippen LogP contribution in [0.5, 0.6) is 5.75 Å². The number of rotatable bonds is 3. The lowest BCUT2D eigenvalue weighted by Gasteiger charge is -2.39.